The monoisotopic (exact) mass is 314 g/mol. The summed E-state index contributed by atoms with van der Waals surface area (Å²) in [6.07, 6.45) is 0. The van der Waals surface area contributed by atoms with Crippen molar-refractivity contribution >= 4 is 34.9 Å². The molecule has 1 heterocycles. The van der Waals surface area contributed by atoms with Gasteiger partial charge in [-0.1, -0.05) is 11.6 Å². The lowest BCUT2D eigenvalue weighted by molar-refractivity contribution is 0.514. The summed E-state index contributed by atoms with van der Waals surface area (Å²) in [6, 6.07) is 6.26. The number of hydrogen-bond donors (Lipinski definition) is 1. The molecule has 0 bridgehead atoms. The molecule has 0 aliphatic heterocycles. The average Bonchev–Trinajstić information content (AvgIpc) is 2.74. The Morgan fingerprint density at radius 3 is 2.50 bits per heavy atom. The van der Waals surface area contributed by atoms with Crippen molar-refractivity contribution in [3.8, 4) is 5.69 Å². The number of aromatic amines is 1. The van der Waals surface area contributed by atoms with Crippen LogP contribution in [0.5, 0.6) is 0 Å². The van der Waals surface area contributed by atoms with Crippen LogP contribution in [0, 0.1) is 22.2 Å². The van der Waals surface area contributed by atoms with Crippen LogP contribution in [-0.4, -0.2) is 9.55 Å². The lowest BCUT2D eigenvalue weighted by Gasteiger charge is -2.06. The highest BCUT2D eigenvalue weighted by Gasteiger charge is 2.15. The average molecular weight is 315 g/mol. The Kier molecular flexibility index (Phi) is 3.07. The lowest BCUT2D eigenvalue weighted by atomic mass is 10.2. The first-order valence-corrected chi connectivity index (χ1v) is 6.32. The molecular formula is C13H6ClF3N2S. The summed E-state index contributed by atoms with van der Waals surface area (Å²) in [5, 5.41) is -0.0632. The molecule has 0 radical (unpaired) electrons. The molecule has 0 saturated heterocycles. The highest BCUT2D eigenvalue weighted by Crippen LogP contribution is 2.26. The molecule has 1 N–H and O–H groups in total. The maximum Gasteiger partial charge on any atom is 0.184 e. The van der Waals surface area contributed by atoms with Gasteiger partial charge >= 0.3 is 0 Å². The van der Waals surface area contributed by atoms with Gasteiger partial charge in [-0.15, -0.1) is 0 Å². The van der Waals surface area contributed by atoms with Gasteiger partial charge in [-0.3, -0.25) is 4.57 Å². The van der Waals surface area contributed by atoms with Crippen molar-refractivity contribution < 1.29 is 13.2 Å². The van der Waals surface area contributed by atoms with E-state index in [0.717, 1.165) is 12.1 Å². The molecule has 0 saturated carbocycles. The molecule has 0 atom stereocenters. The number of rotatable bonds is 1. The van der Waals surface area contributed by atoms with Crippen LogP contribution in [0.4, 0.5) is 13.2 Å². The Morgan fingerprint density at radius 2 is 1.80 bits per heavy atom. The second-order valence-electron chi connectivity index (χ2n) is 4.12. The van der Waals surface area contributed by atoms with Crippen molar-refractivity contribution in [3.05, 3.63) is 57.6 Å². The molecule has 0 unspecified atom stereocenters. The second-order valence-corrected chi connectivity index (χ2v) is 4.92. The third-order valence-electron chi connectivity index (χ3n) is 2.90. The van der Waals surface area contributed by atoms with Gasteiger partial charge in [0, 0.05) is 0 Å². The van der Waals surface area contributed by atoms with Gasteiger partial charge in [-0.05, 0) is 42.5 Å². The van der Waals surface area contributed by atoms with E-state index in [9.17, 15) is 13.2 Å². The van der Waals surface area contributed by atoms with Crippen LogP contribution in [-0.2, 0) is 0 Å². The van der Waals surface area contributed by atoms with Crippen LogP contribution in [0.1, 0.15) is 0 Å². The van der Waals surface area contributed by atoms with Crippen LogP contribution in [0.15, 0.2) is 30.3 Å². The third kappa shape index (κ3) is 1.92. The van der Waals surface area contributed by atoms with Gasteiger partial charge in [0.25, 0.3) is 0 Å². The van der Waals surface area contributed by atoms with E-state index in [-0.39, 0.29) is 21.0 Å². The van der Waals surface area contributed by atoms with Crippen molar-refractivity contribution in [2.75, 3.05) is 0 Å². The predicted octanol–water partition coefficient (Wildman–Crippen LogP) is 4.76. The summed E-state index contributed by atoms with van der Waals surface area (Å²) >= 11 is 10.7. The maximum atomic E-state index is 14.0. The molecule has 0 aliphatic carbocycles. The van der Waals surface area contributed by atoms with Gasteiger partial charge < -0.3 is 4.98 Å². The van der Waals surface area contributed by atoms with Gasteiger partial charge in [0.05, 0.1) is 16.2 Å². The predicted molar refractivity (Wildman–Crippen MR) is 73.3 cm³/mol. The minimum atomic E-state index is -1.05. The maximum absolute atomic E-state index is 14.0. The van der Waals surface area contributed by atoms with E-state index >= 15 is 0 Å². The minimum absolute atomic E-state index is 0.0632. The van der Waals surface area contributed by atoms with Gasteiger partial charge in [0.15, 0.2) is 16.4 Å². The Bertz CT molecular complexity index is 885. The summed E-state index contributed by atoms with van der Waals surface area (Å²) in [7, 11) is 0. The fraction of sp³-hybridized carbons (Fsp3) is 0. The van der Waals surface area contributed by atoms with Crippen molar-refractivity contribution in [2.45, 2.75) is 0 Å². The van der Waals surface area contributed by atoms with E-state index in [1.165, 1.54) is 22.8 Å². The number of nitrogens with zero attached hydrogens (tertiary/aromatic N) is 1. The first kappa shape index (κ1) is 13.2. The number of fused-ring (bicyclic) bond motifs is 1. The summed E-state index contributed by atoms with van der Waals surface area (Å²) in [6.45, 7) is 0. The molecule has 2 aromatic carbocycles. The zero-order valence-electron chi connectivity index (χ0n) is 9.75. The number of H-pyrrole nitrogens is 1. The quantitative estimate of drug-likeness (QED) is 0.642. The van der Waals surface area contributed by atoms with Crippen molar-refractivity contribution in [3.63, 3.8) is 0 Å². The molecule has 3 rings (SSSR count). The van der Waals surface area contributed by atoms with E-state index in [2.05, 4.69) is 4.98 Å². The molecule has 0 spiro atoms. The molecule has 0 amide bonds. The largest absolute Gasteiger partial charge is 0.330 e. The van der Waals surface area contributed by atoms with E-state index < -0.39 is 17.5 Å². The molecule has 0 fully saturated rings. The number of aromatic nitrogens is 2. The molecule has 102 valence electrons. The van der Waals surface area contributed by atoms with Crippen LogP contribution >= 0.6 is 23.8 Å². The number of benzene rings is 2. The van der Waals surface area contributed by atoms with Crippen LogP contribution < -0.4 is 0 Å². The molecule has 20 heavy (non-hydrogen) atoms. The van der Waals surface area contributed by atoms with E-state index in [1.54, 1.807) is 0 Å². The normalized spacial score (nSPS) is 11.2. The number of halogens is 4. The second kappa shape index (κ2) is 4.64. The van der Waals surface area contributed by atoms with Crippen LogP contribution in [0.2, 0.25) is 5.02 Å². The number of hydrogen-bond acceptors (Lipinski definition) is 1. The highest BCUT2D eigenvalue weighted by molar-refractivity contribution is 7.71. The topological polar surface area (TPSA) is 20.7 Å². The zero-order chi connectivity index (χ0) is 14.4. The first-order valence-electron chi connectivity index (χ1n) is 5.53. The fourth-order valence-electron chi connectivity index (χ4n) is 2.00. The Morgan fingerprint density at radius 1 is 1.05 bits per heavy atom. The molecule has 0 aliphatic rings. The molecule has 3 aromatic rings. The highest BCUT2D eigenvalue weighted by atomic mass is 35.5. The molecule has 7 heteroatoms. The summed E-state index contributed by atoms with van der Waals surface area (Å²) < 4.78 is 42.2. The zero-order valence-corrected chi connectivity index (χ0v) is 11.3. The molecular weight excluding hydrogens is 309 g/mol. The SMILES string of the molecule is Fc1cc(-n2c(=S)[nH]c3ccc(F)c(F)c32)ccc1Cl. The number of imidazole rings is 1. The fourth-order valence-corrected chi connectivity index (χ4v) is 2.43. The van der Waals surface area contributed by atoms with Crippen LogP contribution in [0.3, 0.4) is 0 Å². The third-order valence-corrected chi connectivity index (χ3v) is 3.49. The Balaban J connectivity index is 2.41. The summed E-state index contributed by atoms with van der Waals surface area (Å²) in [5.74, 6) is -2.72. The summed E-state index contributed by atoms with van der Waals surface area (Å²) in [4.78, 5) is 2.74. The van der Waals surface area contributed by atoms with Crippen molar-refractivity contribution in [1.29, 1.82) is 0 Å². The summed E-state index contributed by atoms with van der Waals surface area (Å²) in [5.41, 5.74) is 0.508. The number of nitrogens with one attached hydrogen (secondary N) is 1. The van der Waals surface area contributed by atoms with E-state index in [4.69, 9.17) is 23.8 Å². The molecule has 2 nitrogen and oxygen atoms in total. The van der Waals surface area contributed by atoms with Gasteiger partial charge in [-0.25, -0.2) is 13.2 Å². The van der Waals surface area contributed by atoms with Crippen molar-refractivity contribution in [1.82, 2.24) is 9.55 Å². The van der Waals surface area contributed by atoms with Crippen LogP contribution in [0.25, 0.3) is 16.7 Å². The molecule has 1 aromatic heterocycles. The smallest absolute Gasteiger partial charge is 0.184 e. The van der Waals surface area contributed by atoms with E-state index in [1.807, 2.05) is 0 Å². The standard InChI is InChI=1S/C13H6ClF3N2S/c14-7-2-1-6(5-9(7)16)19-12-10(18-13(19)20)4-3-8(15)11(12)17/h1-5H,(H,18,20). The van der Waals surface area contributed by atoms with Gasteiger partial charge in [0.2, 0.25) is 0 Å². The van der Waals surface area contributed by atoms with Crippen molar-refractivity contribution in [2.24, 2.45) is 0 Å². The van der Waals surface area contributed by atoms with Gasteiger partial charge in [0.1, 0.15) is 11.3 Å². The van der Waals surface area contributed by atoms with E-state index in [0.29, 0.717) is 5.52 Å². The minimum Gasteiger partial charge on any atom is -0.330 e. The Labute approximate surface area is 121 Å². The van der Waals surface area contributed by atoms with Gasteiger partial charge in [-0.2, -0.15) is 0 Å². The Hall–Kier alpha value is -1.79. The first-order chi connectivity index (χ1) is 9.49. The lowest BCUT2D eigenvalue weighted by Crippen LogP contribution is -1.98.